The molecule has 10 nitrogen and oxygen atoms in total. The number of halogens is 2. The van der Waals surface area contributed by atoms with Crippen LogP contribution in [0.5, 0.6) is 0 Å². The highest BCUT2D eigenvalue weighted by Gasteiger charge is 2.38. The van der Waals surface area contributed by atoms with E-state index in [0.717, 1.165) is 35.1 Å². The first kappa shape index (κ1) is 25.8. The molecule has 0 radical (unpaired) electrons. The topological polar surface area (TPSA) is 107 Å². The number of hydrazine groups is 2. The van der Waals surface area contributed by atoms with Crippen molar-refractivity contribution in [3.8, 4) is 0 Å². The number of amides is 1. The van der Waals surface area contributed by atoms with E-state index >= 15 is 0 Å². The van der Waals surface area contributed by atoms with E-state index in [1.165, 1.54) is 23.8 Å². The number of nitrogens with zero attached hydrogens (tertiary/aromatic N) is 4. The largest absolute Gasteiger partial charge is 0.492 e. The minimum absolute atomic E-state index is 0.00736. The predicted octanol–water partition coefficient (Wildman–Crippen LogP) is 2.84. The summed E-state index contributed by atoms with van der Waals surface area (Å²) in [6, 6.07) is 3.80. The van der Waals surface area contributed by atoms with Crippen LogP contribution in [0.2, 0.25) is 5.02 Å². The lowest BCUT2D eigenvalue weighted by Crippen LogP contribution is -2.53. The molecule has 0 bridgehead atoms. The van der Waals surface area contributed by atoms with Crippen LogP contribution in [0.25, 0.3) is 5.57 Å². The van der Waals surface area contributed by atoms with E-state index in [1.54, 1.807) is 12.4 Å². The minimum atomic E-state index is -0.494. The van der Waals surface area contributed by atoms with Gasteiger partial charge in [0.25, 0.3) is 5.91 Å². The van der Waals surface area contributed by atoms with Gasteiger partial charge in [0.1, 0.15) is 23.6 Å². The zero-order chi connectivity index (χ0) is 27.1. The molecule has 2 saturated heterocycles. The second-order valence-electron chi connectivity index (χ2n) is 10.2. The molecule has 12 heteroatoms. The summed E-state index contributed by atoms with van der Waals surface area (Å²) in [6.07, 6.45) is 8.95. The zero-order valence-corrected chi connectivity index (χ0v) is 22.5. The number of rotatable bonds is 6. The molecule has 4 aliphatic heterocycles. The fourth-order valence-corrected chi connectivity index (χ4v) is 5.54. The van der Waals surface area contributed by atoms with Crippen LogP contribution in [0, 0.1) is 5.82 Å². The van der Waals surface area contributed by atoms with E-state index < -0.39 is 11.4 Å². The summed E-state index contributed by atoms with van der Waals surface area (Å²) in [5.74, 6) is 0.658. The first-order valence-corrected chi connectivity index (χ1v) is 13.4. The number of benzene rings is 1. The number of aromatic nitrogens is 2. The summed E-state index contributed by atoms with van der Waals surface area (Å²) in [5.41, 5.74) is 13.5. The maximum absolute atomic E-state index is 13.7. The highest BCUT2D eigenvalue weighted by molar-refractivity contribution is 6.33. The van der Waals surface area contributed by atoms with Gasteiger partial charge in [0.2, 0.25) is 0 Å². The first-order chi connectivity index (χ1) is 18.8. The van der Waals surface area contributed by atoms with Crippen LogP contribution in [0.3, 0.4) is 0 Å². The molecule has 4 N–H and O–H groups in total. The van der Waals surface area contributed by atoms with E-state index in [-0.39, 0.29) is 22.7 Å². The van der Waals surface area contributed by atoms with Crippen molar-refractivity contribution in [1.29, 1.82) is 0 Å². The van der Waals surface area contributed by atoms with Crippen molar-refractivity contribution in [2.45, 2.75) is 38.4 Å². The lowest BCUT2D eigenvalue weighted by Gasteiger charge is -2.40. The van der Waals surface area contributed by atoms with Gasteiger partial charge in [-0.3, -0.25) is 20.2 Å². The van der Waals surface area contributed by atoms with E-state index in [2.05, 4.69) is 26.5 Å². The molecule has 1 unspecified atom stereocenters. The Labute approximate surface area is 230 Å². The second-order valence-corrected chi connectivity index (χ2v) is 10.6. The minimum Gasteiger partial charge on any atom is -0.492 e. The third kappa shape index (κ3) is 4.98. The molecule has 2 aromatic rings. The number of fused-ring (bicyclic) bond motifs is 2. The second kappa shape index (κ2) is 10.2. The highest BCUT2D eigenvalue weighted by Crippen LogP contribution is 2.37. The Kier molecular flexibility index (Phi) is 6.76. The number of hydrogen-bond acceptors (Lipinski definition) is 9. The molecule has 39 heavy (non-hydrogen) atoms. The van der Waals surface area contributed by atoms with Crippen molar-refractivity contribution < 1.29 is 13.9 Å². The molecule has 204 valence electrons. The number of nitrogens with one attached hydrogen (secondary N) is 4. The quantitative estimate of drug-likeness (QED) is 0.430. The van der Waals surface area contributed by atoms with Gasteiger partial charge in [0, 0.05) is 36.3 Å². The summed E-state index contributed by atoms with van der Waals surface area (Å²) >= 11 is 6.13. The van der Waals surface area contributed by atoms with Crippen molar-refractivity contribution in [2.75, 3.05) is 31.1 Å². The molecule has 0 saturated carbocycles. The van der Waals surface area contributed by atoms with Gasteiger partial charge in [0.15, 0.2) is 0 Å². The van der Waals surface area contributed by atoms with Gasteiger partial charge in [-0.2, -0.15) is 0 Å². The summed E-state index contributed by atoms with van der Waals surface area (Å²) in [6.45, 7) is 6.62. The number of carbonyl (C=O) groups excluding carboxylic acids is 1. The van der Waals surface area contributed by atoms with Crippen LogP contribution >= 0.6 is 11.6 Å². The van der Waals surface area contributed by atoms with Crippen LogP contribution in [-0.2, 0) is 4.74 Å². The molecule has 4 aliphatic rings. The molecule has 0 aliphatic carbocycles. The Balaban J connectivity index is 1.15. The molecule has 1 aromatic carbocycles. The fourth-order valence-electron chi connectivity index (χ4n) is 5.34. The number of allylic oxidation sites excluding steroid dienone is 2. The lowest BCUT2D eigenvalue weighted by atomic mass is 9.89. The third-order valence-corrected chi connectivity index (χ3v) is 7.82. The Morgan fingerprint density at radius 2 is 2.10 bits per heavy atom. The number of hydrogen-bond donors (Lipinski definition) is 4. The highest BCUT2D eigenvalue weighted by atomic mass is 35.5. The van der Waals surface area contributed by atoms with Crippen LogP contribution in [0.15, 0.2) is 59.9 Å². The number of ether oxygens (including phenoxy) is 1. The lowest BCUT2D eigenvalue weighted by molar-refractivity contribution is 0.0891. The van der Waals surface area contributed by atoms with Gasteiger partial charge in [0.05, 0.1) is 47.2 Å². The maximum atomic E-state index is 13.7. The summed E-state index contributed by atoms with van der Waals surface area (Å²) in [5, 5.41) is 5.27. The number of anilines is 1. The van der Waals surface area contributed by atoms with Crippen molar-refractivity contribution in [1.82, 2.24) is 36.6 Å². The van der Waals surface area contributed by atoms with E-state index in [1.807, 2.05) is 31.1 Å². The van der Waals surface area contributed by atoms with Crippen molar-refractivity contribution in [3.63, 3.8) is 0 Å². The Bertz CT molecular complexity index is 1380. The van der Waals surface area contributed by atoms with Gasteiger partial charge in [-0.05, 0) is 51.0 Å². The van der Waals surface area contributed by atoms with Gasteiger partial charge in [-0.25, -0.2) is 20.2 Å². The fraction of sp³-hybridized carbons (Fsp3) is 0.370. The van der Waals surface area contributed by atoms with Crippen LogP contribution in [0.1, 0.15) is 42.7 Å². The van der Waals surface area contributed by atoms with Crippen molar-refractivity contribution in [3.05, 3.63) is 82.0 Å². The van der Waals surface area contributed by atoms with E-state index in [4.69, 9.17) is 26.3 Å². The smallest absolute Gasteiger partial charge is 0.253 e. The molecule has 1 aromatic heterocycles. The van der Waals surface area contributed by atoms with Gasteiger partial charge < -0.3 is 15.0 Å². The third-order valence-electron chi connectivity index (χ3n) is 7.49. The Morgan fingerprint density at radius 1 is 1.28 bits per heavy atom. The molecule has 2 fully saturated rings. The summed E-state index contributed by atoms with van der Waals surface area (Å²) < 4.78 is 19.5. The van der Waals surface area contributed by atoms with Crippen molar-refractivity contribution in [2.24, 2.45) is 0 Å². The van der Waals surface area contributed by atoms with Crippen molar-refractivity contribution >= 4 is 28.9 Å². The maximum Gasteiger partial charge on any atom is 0.253 e. The normalized spacial score (nSPS) is 21.8. The average molecular weight is 553 g/mol. The van der Waals surface area contributed by atoms with Gasteiger partial charge in [-0.1, -0.05) is 11.6 Å². The van der Waals surface area contributed by atoms with Crippen LogP contribution in [-0.4, -0.2) is 58.8 Å². The monoisotopic (exact) mass is 552 g/mol. The number of piperidine rings is 1. The summed E-state index contributed by atoms with van der Waals surface area (Å²) in [4.78, 5) is 24.5. The van der Waals surface area contributed by atoms with E-state index in [0.29, 0.717) is 32.5 Å². The first-order valence-electron chi connectivity index (χ1n) is 13.0. The summed E-state index contributed by atoms with van der Waals surface area (Å²) in [7, 11) is 0. The SMILES string of the molecule is CCOC1=CN2NC3NNCC3=C2C(c2cnc(N3CCC(C)(NC(=O)c4cc(F)ccc4Cl)CC3)cn2)=C1. The molecule has 5 heterocycles. The molecule has 1 atom stereocenters. The Hall–Kier alpha value is -3.51. The van der Waals surface area contributed by atoms with Gasteiger partial charge >= 0.3 is 0 Å². The number of carbonyl (C=O) groups is 1. The predicted molar refractivity (Wildman–Crippen MR) is 145 cm³/mol. The molecule has 6 rings (SSSR count). The Morgan fingerprint density at radius 3 is 2.85 bits per heavy atom. The molecule has 1 amide bonds. The zero-order valence-electron chi connectivity index (χ0n) is 21.7. The van der Waals surface area contributed by atoms with Crippen LogP contribution < -0.4 is 26.5 Å². The van der Waals surface area contributed by atoms with Gasteiger partial charge in [-0.15, -0.1) is 0 Å². The van der Waals surface area contributed by atoms with Crippen LogP contribution in [0.4, 0.5) is 10.2 Å². The molecular weight excluding hydrogens is 523 g/mol. The van der Waals surface area contributed by atoms with E-state index in [9.17, 15) is 9.18 Å². The molecular formula is C27H30ClFN8O2. The standard InChI is InChI=1S/C27H30ClFN8O2/c1-3-39-17-11-19(24-20-12-32-34-25(20)35-37(24)15-17)22-13-31-23(14-30-22)36-8-6-27(2,7-9-36)33-26(38)18-10-16(29)4-5-21(18)28/h4-5,10-11,13-15,25,32,34-35H,3,6-9,12H2,1-2H3,(H,33,38). The molecule has 0 spiro atoms. The average Bonchev–Trinajstić information content (AvgIpc) is 3.51.